The number of nitrogens with zero attached hydrogens (tertiary/aromatic N) is 3. The zero-order valence-corrected chi connectivity index (χ0v) is 20.4. The Labute approximate surface area is 201 Å². The van der Waals surface area contributed by atoms with E-state index in [1.165, 1.54) is 17.0 Å². The fourth-order valence-electron chi connectivity index (χ4n) is 4.85. The van der Waals surface area contributed by atoms with Crippen LogP contribution in [0.5, 0.6) is 0 Å². The van der Waals surface area contributed by atoms with Crippen LogP contribution in [0.2, 0.25) is 0 Å². The van der Waals surface area contributed by atoms with Gasteiger partial charge in [0.05, 0.1) is 17.8 Å². The summed E-state index contributed by atoms with van der Waals surface area (Å²) in [5.74, 6) is -0.0308. The van der Waals surface area contributed by atoms with Gasteiger partial charge in [-0.25, -0.2) is 0 Å². The quantitative estimate of drug-likeness (QED) is 0.481. The van der Waals surface area contributed by atoms with E-state index in [0.29, 0.717) is 24.1 Å². The van der Waals surface area contributed by atoms with E-state index >= 15 is 0 Å². The number of benzene rings is 1. The second kappa shape index (κ2) is 9.75. The maximum atomic E-state index is 12.7. The molecule has 33 heavy (non-hydrogen) atoms. The smallest absolute Gasteiger partial charge is 0.226 e. The second-order valence-electron chi connectivity index (χ2n) is 8.77. The number of carbonyl (C=O) groups is 1. The number of rotatable bonds is 7. The van der Waals surface area contributed by atoms with Crippen molar-refractivity contribution in [2.24, 2.45) is 0 Å². The molecule has 1 aromatic carbocycles. The third-order valence-corrected chi connectivity index (χ3v) is 6.55. The Balaban J connectivity index is 1.63. The Hall–Kier alpha value is -3.19. The van der Waals surface area contributed by atoms with Crippen LogP contribution in [0.25, 0.3) is 0 Å². The Morgan fingerprint density at radius 1 is 1.15 bits per heavy atom. The summed E-state index contributed by atoms with van der Waals surface area (Å²) in [5.41, 5.74) is 5.40. The van der Waals surface area contributed by atoms with Crippen LogP contribution >= 0.6 is 12.2 Å². The van der Waals surface area contributed by atoms with Crippen molar-refractivity contribution in [3.63, 3.8) is 0 Å². The van der Waals surface area contributed by atoms with Crippen LogP contribution in [0, 0.1) is 13.8 Å². The van der Waals surface area contributed by atoms with E-state index in [4.69, 9.17) is 12.2 Å². The summed E-state index contributed by atoms with van der Waals surface area (Å²) in [4.78, 5) is 19.4. The summed E-state index contributed by atoms with van der Waals surface area (Å²) in [5, 5.41) is 7.10. The number of pyridine rings is 1. The maximum absolute atomic E-state index is 12.7. The number of hydrogen-bond donors (Lipinski definition) is 2. The summed E-state index contributed by atoms with van der Waals surface area (Å²) in [7, 11) is 0. The Morgan fingerprint density at radius 3 is 2.52 bits per heavy atom. The molecular formula is C26H31N5OS. The molecule has 172 valence electrons. The standard InChI is InChI=1S/C26H31N5OS/c1-17(2)31-18(3)16-21(19(31)4)25-24(22-12-8-9-14-27-22)29-26(33)30(25)15-13-23(32)28-20-10-6-5-7-11-20/h5-12,14,16-17,24-25H,13,15H2,1-4H3,(H,28,32)(H,29,33)/t24-,25-/m1/s1. The van der Waals surface area contributed by atoms with Gasteiger partial charge in [0, 0.05) is 42.3 Å². The molecule has 3 heterocycles. The molecule has 6 nitrogen and oxygen atoms in total. The molecule has 2 aromatic heterocycles. The zero-order valence-electron chi connectivity index (χ0n) is 19.6. The molecule has 1 fully saturated rings. The third kappa shape index (κ3) is 4.78. The molecule has 2 atom stereocenters. The van der Waals surface area contributed by atoms with Crippen molar-refractivity contribution in [2.75, 3.05) is 11.9 Å². The molecule has 0 aliphatic carbocycles. The van der Waals surface area contributed by atoms with Gasteiger partial charge in [-0.15, -0.1) is 0 Å². The molecule has 0 unspecified atom stereocenters. The average Bonchev–Trinajstić information content (AvgIpc) is 3.28. The molecule has 1 amide bonds. The Morgan fingerprint density at radius 2 is 1.88 bits per heavy atom. The van der Waals surface area contributed by atoms with Crippen LogP contribution in [0.3, 0.4) is 0 Å². The highest BCUT2D eigenvalue weighted by atomic mass is 32.1. The van der Waals surface area contributed by atoms with Crippen LogP contribution in [-0.2, 0) is 4.79 Å². The van der Waals surface area contributed by atoms with E-state index in [2.05, 4.69) is 58.8 Å². The van der Waals surface area contributed by atoms with E-state index in [0.717, 1.165) is 11.4 Å². The molecule has 1 aliphatic rings. The van der Waals surface area contributed by atoms with E-state index in [1.54, 1.807) is 0 Å². The Bertz CT molecular complexity index is 1130. The first kappa shape index (κ1) is 23.0. The molecule has 1 aliphatic heterocycles. The SMILES string of the molecule is Cc1cc([C@@H]2[C@@H](c3ccccn3)NC(=S)N2CCC(=O)Nc2ccccc2)c(C)n1C(C)C. The highest BCUT2D eigenvalue weighted by Gasteiger charge is 2.41. The van der Waals surface area contributed by atoms with Gasteiger partial charge in [0.2, 0.25) is 5.91 Å². The van der Waals surface area contributed by atoms with Crippen molar-refractivity contribution >= 4 is 28.9 Å². The van der Waals surface area contributed by atoms with Gasteiger partial charge in [-0.1, -0.05) is 24.3 Å². The summed E-state index contributed by atoms with van der Waals surface area (Å²) in [6.07, 6.45) is 2.15. The number of para-hydroxylation sites is 1. The molecule has 4 rings (SSSR count). The predicted octanol–water partition coefficient (Wildman–Crippen LogP) is 5.08. The summed E-state index contributed by atoms with van der Waals surface area (Å²) in [6, 6.07) is 18.0. The molecule has 0 radical (unpaired) electrons. The van der Waals surface area contributed by atoms with Crippen molar-refractivity contribution in [2.45, 2.75) is 52.2 Å². The minimum atomic E-state index is -0.0861. The first-order valence-corrected chi connectivity index (χ1v) is 11.8. The van der Waals surface area contributed by atoms with E-state index in [9.17, 15) is 4.79 Å². The number of thiocarbonyl (C=S) groups is 1. The van der Waals surface area contributed by atoms with Gasteiger partial charge in [0.15, 0.2) is 5.11 Å². The van der Waals surface area contributed by atoms with Crippen LogP contribution in [0.4, 0.5) is 5.69 Å². The lowest BCUT2D eigenvalue weighted by atomic mass is 9.96. The molecule has 0 spiro atoms. The maximum Gasteiger partial charge on any atom is 0.226 e. The van der Waals surface area contributed by atoms with Crippen LogP contribution in [0.15, 0.2) is 60.8 Å². The van der Waals surface area contributed by atoms with Gasteiger partial charge in [0.1, 0.15) is 0 Å². The van der Waals surface area contributed by atoms with Gasteiger partial charge in [-0.3, -0.25) is 9.78 Å². The van der Waals surface area contributed by atoms with Crippen molar-refractivity contribution in [3.8, 4) is 0 Å². The monoisotopic (exact) mass is 461 g/mol. The average molecular weight is 462 g/mol. The van der Waals surface area contributed by atoms with E-state index in [1.807, 2.05) is 54.7 Å². The number of nitrogens with one attached hydrogen (secondary N) is 2. The fourth-order valence-corrected chi connectivity index (χ4v) is 5.18. The molecular weight excluding hydrogens is 430 g/mol. The van der Waals surface area contributed by atoms with Crippen LogP contribution in [0.1, 0.15) is 61.0 Å². The molecule has 0 saturated carbocycles. The van der Waals surface area contributed by atoms with Gasteiger partial charge in [0.25, 0.3) is 0 Å². The number of anilines is 1. The number of carbonyl (C=O) groups excluding carboxylic acids is 1. The van der Waals surface area contributed by atoms with Crippen molar-refractivity contribution in [1.29, 1.82) is 0 Å². The lowest BCUT2D eigenvalue weighted by Crippen LogP contribution is -2.33. The topological polar surface area (TPSA) is 62.2 Å². The number of aryl methyl sites for hydroxylation is 1. The first-order valence-electron chi connectivity index (χ1n) is 11.4. The minimum Gasteiger partial charge on any atom is -0.352 e. The molecule has 3 aromatic rings. The normalized spacial score (nSPS) is 18.0. The van der Waals surface area contributed by atoms with Crippen LogP contribution in [-0.4, -0.2) is 32.0 Å². The molecule has 0 bridgehead atoms. The number of hydrogen-bond acceptors (Lipinski definition) is 3. The van der Waals surface area contributed by atoms with E-state index < -0.39 is 0 Å². The second-order valence-corrected chi connectivity index (χ2v) is 9.16. The largest absolute Gasteiger partial charge is 0.352 e. The highest BCUT2D eigenvalue weighted by molar-refractivity contribution is 7.80. The predicted molar refractivity (Wildman–Crippen MR) is 136 cm³/mol. The number of amides is 1. The van der Waals surface area contributed by atoms with Crippen molar-refractivity contribution < 1.29 is 4.79 Å². The molecule has 2 N–H and O–H groups in total. The lowest BCUT2D eigenvalue weighted by molar-refractivity contribution is -0.116. The number of aromatic nitrogens is 2. The molecule has 7 heteroatoms. The molecule has 1 saturated heterocycles. The van der Waals surface area contributed by atoms with E-state index in [-0.39, 0.29) is 18.0 Å². The highest BCUT2D eigenvalue weighted by Crippen LogP contribution is 2.41. The van der Waals surface area contributed by atoms with Gasteiger partial charge >= 0.3 is 0 Å². The first-order chi connectivity index (χ1) is 15.9. The summed E-state index contributed by atoms with van der Waals surface area (Å²) in [6.45, 7) is 9.22. The van der Waals surface area contributed by atoms with Gasteiger partial charge in [-0.2, -0.15) is 0 Å². The van der Waals surface area contributed by atoms with Crippen LogP contribution < -0.4 is 10.6 Å². The summed E-state index contributed by atoms with van der Waals surface area (Å²) < 4.78 is 2.35. The summed E-state index contributed by atoms with van der Waals surface area (Å²) >= 11 is 5.76. The van der Waals surface area contributed by atoms with Gasteiger partial charge in [-0.05, 0) is 75.8 Å². The minimum absolute atomic E-state index is 0.0308. The fraction of sp³-hybridized carbons (Fsp3) is 0.346. The third-order valence-electron chi connectivity index (χ3n) is 6.19. The zero-order chi connectivity index (χ0) is 23.5. The van der Waals surface area contributed by atoms with Crippen molar-refractivity contribution in [3.05, 3.63) is 83.4 Å². The van der Waals surface area contributed by atoms with Crippen molar-refractivity contribution in [1.82, 2.24) is 19.8 Å². The van der Waals surface area contributed by atoms with Gasteiger partial charge < -0.3 is 20.1 Å². The lowest BCUT2D eigenvalue weighted by Gasteiger charge is -2.28. The Kier molecular flexibility index (Phi) is 6.79.